The van der Waals surface area contributed by atoms with E-state index in [2.05, 4.69) is 22.2 Å². The fraction of sp³-hybridized carbons (Fsp3) is 0.593. The number of fused-ring (bicyclic) bond motifs is 1. The molecular formula is C27H33ClF3N3O2. The van der Waals surface area contributed by atoms with Crippen LogP contribution in [0.15, 0.2) is 18.2 Å². The summed E-state index contributed by atoms with van der Waals surface area (Å²) in [5, 5.41) is 3.22. The van der Waals surface area contributed by atoms with Gasteiger partial charge in [-0.1, -0.05) is 38.0 Å². The predicted octanol–water partition coefficient (Wildman–Crippen LogP) is 7.04. The molecule has 2 aliphatic rings. The lowest BCUT2D eigenvalue weighted by atomic mass is 9.91. The largest absolute Gasteiger partial charge is 0.370 e. The van der Waals surface area contributed by atoms with Gasteiger partial charge in [-0.2, -0.15) is 0 Å². The van der Waals surface area contributed by atoms with Crippen molar-refractivity contribution in [3.8, 4) is 0 Å². The van der Waals surface area contributed by atoms with Crippen LogP contribution < -0.4 is 5.32 Å². The molecule has 4 atom stereocenters. The van der Waals surface area contributed by atoms with E-state index < -0.39 is 23.8 Å². The average molecular weight is 524 g/mol. The lowest BCUT2D eigenvalue weighted by Gasteiger charge is -2.24. The molecule has 1 aliphatic carbocycles. The maximum Gasteiger partial charge on any atom is 0.266 e. The molecule has 9 heteroatoms. The highest BCUT2D eigenvalue weighted by Crippen LogP contribution is 2.36. The standard InChI is InChI=1S/C27H33ClF3N3O2/c1-15-6-3-4-11-36-23(12-15)22(35)10-9-17-13-20-21(14-17)33-27(28)34-26(20)32-16(2)18-7-5-8-19(24(18)29)25(30)31/h5,7-8,15-17,23,25H,3-4,6,9-14H2,1-2H3,(H,32,33,34)/t15?,16-,17?,23?/m1/s1. The number of nitrogens with one attached hydrogen (secondary N) is 1. The number of anilines is 1. The van der Waals surface area contributed by atoms with E-state index in [9.17, 15) is 18.0 Å². The minimum absolute atomic E-state index is 0.0684. The Labute approximate surface area is 215 Å². The summed E-state index contributed by atoms with van der Waals surface area (Å²) < 4.78 is 46.8. The Balaban J connectivity index is 1.41. The van der Waals surface area contributed by atoms with E-state index in [-0.39, 0.29) is 28.7 Å². The van der Waals surface area contributed by atoms with Crippen LogP contribution in [0.3, 0.4) is 0 Å². The monoisotopic (exact) mass is 523 g/mol. The van der Waals surface area contributed by atoms with Gasteiger partial charge in [0.05, 0.1) is 17.3 Å². The third kappa shape index (κ3) is 6.38. The molecule has 0 spiro atoms. The number of aromatic nitrogens is 2. The number of Topliss-reactive ketones (excluding diaryl/α,β-unsaturated/α-hetero) is 1. The zero-order valence-electron chi connectivity index (χ0n) is 20.7. The summed E-state index contributed by atoms with van der Waals surface area (Å²) >= 11 is 6.17. The molecule has 3 unspecified atom stereocenters. The van der Waals surface area contributed by atoms with Gasteiger partial charge in [-0.3, -0.25) is 4.79 Å². The molecular weight excluding hydrogens is 491 g/mol. The molecule has 2 heterocycles. The molecule has 1 aromatic heterocycles. The smallest absolute Gasteiger partial charge is 0.266 e. The summed E-state index contributed by atoms with van der Waals surface area (Å²) in [4.78, 5) is 21.6. The van der Waals surface area contributed by atoms with E-state index in [4.69, 9.17) is 16.3 Å². The van der Waals surface area contributed by atoms with Gasteiger partial charge in [0.25, 0.3) is 6.43 Å². The van der Waals surface area contributed by atoms with Gasteiger partial charge in [0.2, 0.25) is 5.28 Å². The lowest BCUT2D eigenvalue weighted by molar-refractivity contribution is -0.132. The van der Waals surface area contributed by atoms with Gasteiger partial charge in [-0.25, -0.2) is 23.1 Å². The van der Waals surface area contributed by atoms with Crippen LogP contribution in [0.4, 0.5) is 19.0 Å². The molecule has 0 radical (unpaired) electrons. The second-order valence-corrected chi connectivity index (χ2v) is 10.5. The normalized spacial score (nSPS) is 23.1. The molecule has 1 aliphatic heterocycles. The van der Waals surface area contributed by atoms with Crippen molar-refractivity contribution in [3.63, 3.8) is 0 Å². The molecule has 0 saturated carbocycles. The number of halogens is 4. The highest BCUT2D eigenvalue weighted by atomic mass is 35.5. The summed E-state index contributed by atoms with van der Waals surface area (Å²) in [6.45, 7) is 4.51. The second-order valence-electron chi connectivity index (χ2n) is 10.2. The zero-order chi connectivity index (χ0) is 25.8. The Bertz CT molecular complexity index is 1080. The van der Waals surface area contributed by atoms with Crippen LogP contribution in [0.1, 0.15) is 87.2 Å². The van der Waals surface area contributed by atoms with Crippen LogP contribution in [0, 0.1) is 17.7 Å². The minimum Gasteiger partial charge on any atom is -0.370 e. The Morgan fingerprint density at radius 2 is 2.00 bits per heavy atom. The van der Waals surface area contributed by atoms with Gasteiger partial charge < -0.3 is 10.1 Å². The number of carbonyl (C=O) groups is 1. The summed E-state index contributed by atoms with van der Waals surface area (Å²) in [6.07, 6.45) is 3.32. The van der Waals surface area contributed by atoms with Crippen molar-refractivity contribution in [1.82, 2.24) is 9.97 Å². The van der Waals surface area contributed by atoms with Crippen molar-refractivity contribution < 1.29 is 22.7 Å². The van der Waals surface area contributed by atoms with Gasteiger partial charge in [-0.05, 0) is 62.5 Å². The summed E-state index contributed by atoms with van der Waals surface area (Å²) in [7, 11) is 0. The van der Waals surface area contributed by atoms with Crippen LogP contribution in [-0.4, -0.2) is 28.5 Å². The molecule has 1 aromatic carbocycles. The van der Waals surface area contributed by atoms with Gasteiger partial charge in [-0.15, -0.1) is 0 Å². The zero-order valence-corrected chi connectivity index (χ0v) is 21.5. The molecule has 0 bridgehead atoms. The van der Waals surface area contributed by atoms with E-state index in [0.29, 0.717) is 44.0 Å². The summed E-state index contributed by atoms with van der Waals surface area (Å²) in [5.41, 5.74) is 1.19. The van der Waals surface area contributed by atoms with E-state index in [1.807, 2.05) is 0 Å². The molecule has 0 amide bonds. The van der Waals surface area contributed by atoms with Crippen molar-refractivity contribution in [2.24, 2.45) is 11.8 Å². The first-order valence-corrected chi connectivity index (χ1v) is 13.1. The maximum absolute atomic E-state index is 14.7. The lowest BCUT2D eigenvalue weighted by Crippen LogP contribution is -2.29. The van der Waals surface area contributed by atoms with Crippen molar-refractivity contribution in [2.75, 3.05) is 11.9 Å². The van der Waals surface area contributed by atoms with Crippen molar-refractivity contribution in [1.29, 1.82) is 0 Å². The number of hydrogen-bond acceptors (Lipinski definition) is 5. The molecule has 1 N–H and O–H groups in total. The molecule has 4 rings (SSSR count). The van der Waals surface area contributed by atoms with Gasteiger partial charge >= 0.3 is 0 Å². The molecule has 1 fully saturated rings. The van der Waals surface area contributed by atoms with E-state index in [1.54, 1.807) is 6.92 Å². The van der Waals surface area contributed by atoms with Crippen molar-refractivity contribution in [2.45, 2.75) is 83.8 Å². The SMILES string of the molecule is CC1CCCCOC(C(=O)CCC2Cc3nc(Cl)nc(N[C@H](C)c4cccc(C(F)F)c4F)c3C2)C1. The average Bonchev–Trinajstić information content (AvgIpc) is 3.22. The fourth-order valence-electron chi connectivity index (χ4n) is 5.30. The third-order valence-corrected chi connectivity index (χ3v) is 7.51. The van der Waals surface area contributed by atoms with Crippen LogP contribution in [0.5, 0.6) is 0 Å². The molecule has 1 saturated heterocycles. The van der Waals surface area contributed by atoms with Crippen molar-refractivity contribution >= 4 is 23.2 Å². The van der Waals surface area contributed by atoms with Gasteiger partial charge in [0, 0.05) is 24.2 Å². The highest BCUT2D eigenvalue weighted by Gasteiger charge is 2.30. The number of carbonyl (C=O) groups excluding carboxylic acids is 1. The Kier molecular flexibility index (Phi) is 8.88. The van der Waals surface area contributed by atoms with Gasteiger partial charge in [0.15, 0.2) is 5.78 Å². The first-order valence-electron chi connectivity index (χ1n) is 12.8. The van der Waals surface area contributed by atoms with Crippen molar-refractivity contribution in [3.05, 3.63) is 51.7 Å². The topological polar surface area (TPSA) is 64.1 Å². The number of alkyl halides is 2. The first-order chi connectivity index (χ1) is 17.2. The predicted molar refractivity (Wildman–Crippen MR) is 133 cm³/mol. The molecule has 36 heavy (non-hydrogen) atoms. The quantitative estimate of drug-likeness (QED) is 0.376. The van der Waals surface area contributed by atoms with Crippen LogP contribution >= 0.6 is 11.6 Å². The summed E-state index contributed by atoms with van der Waals surface area (Å²) in [5.74, 6) is 0.397. The van der Waals surface area contributed by atoms with E-state index in [1.165, 1.54) is 12.1 Å². The van der Waals surface area contributed by atoms with E-state index >= 15 is 0 Å². The molecule has 196 valence electrons. The van der Waals surface area contributed by atoms with E-state index in [0.717, 1.165) is 43.0 Å². The fourth-order valence-corrected chi connectivity index (χ4v) is 5.49. The maximum atomic E-state index is 14.7. The Morgan fingerprint density at radius 3 is 2.78 bits per heavy atom. The number of rotatable bonds is 8. The van der Waals surface area contributed by atoms with Crippen LogP contribution in [0.2, 0.25) is 5.28 Å². The van der Waals surface area contributed by atoms with Crippen LogP contribution in [0.25, 0.3) is 0 Å². The number of hydrogen-bond donors (Lipinski definition) is 1. The first kappa shape index (κ1) is 26.9. The number of ether oxygens (including phenoxy) is 1. The number of nitrogens with zero attached hydrogens (tertiary/aromatic N) is 2. The minimum atomic E-state index is -2.89. The second kappa shape index (κ2) is 11.9. The third-order valence-electron chi connectivity index (χ3n) is 7.34. The molecule has 2 aromatic rings. The Hall–Kier alpha value is -2.19. The summed E-state index contributed by atoms with van der Waals surface area (Å²) in [6, 6.07) is 3.37. The van der Waals surface area contributed by atoms with Crippen LogP contribution in [-0.2, 0) is 22.4 Å². The Morgan fingerprint density at radius 1 is 1.22 bits per heavy atom. The van der Waals surface area contributed by atoms with Gasteiger partial charge in [0.1, 0.15) is 17.7 Å². The number of ketones is 1. The highest BCUT2D eigenvalue weighted by molar-refractivity contribution is 6.28. The number of benzene rings is 1. The molecule has 5 nitrogen and oxygen atoms in total.